The molecule has 2 heterocycles. The summed E-state index contributed by atoms with van der Waals surface area (Å²) in [7, 11) is 0. The maximum atomic E-state index is 6.46. The van der Waals surface area contributed by atoms with E-state index >= 15 is 0 Å². The molecule has 0 unspecified atom stereocenters. The summed E-state index contributed by atoms with van der Waals surface area (Å²) in [5, 5.41) is 1.91. The SMILES string of the molecule is c1ccc(-c2ccc(-c3cc(-c4ccc(-c5ccccc5)cc4)cc(-c4cccc(-c5nc(-c6cccc(-c7ccccc7)c6)c6c(n5)oc5ccccc56)c4)c3)cc2)cc1. The summed E-state index contributed by atoms with van der Waals surface area (Å²) in [5.74, 6) is 0.609. The van der Waals surface area contributed by atoms with E-state index in [2.05, 4.69) is 206 Å². The Labute approximate surface area is 354 Å². The normalized spacial score (nSPS) is 11.3. The van der Waals surface area contributed by atoms with Crippen LogP contribution in [0, 0.1) is 0 Å². The highest BCUT2D eigenvalue weighted by molar-refractivity contribution is 6.10. The van der Waals surface area contributed by atoms with Crippen LogP contribution in [-0.2, 0) is 0 Å². The Hall–Kier alpha value is -8.14. The molecule has 61 heavy (non-hydrogen) atoms. The molecule has 0 aliphatic carbocycles. The highest BCUT2D eigenvalue weighted by Crippen LogP contribution is 2.39. The zero-order valence-electron chi connectivity index (χ0n) is 33.2. The maximum Gasteiger partial charge on any atom is 0.231 e. The van der Waals surface area contributed by atoms with Gasteiger partial charge in [0, 0.05) is 16.5 Å². The van der Waals surface area contributed by atoms with Crippen LogP contribution in [0.3, 0.4) is 0 Å². The predicted molar refractivity (Wildman–Crippen MR) is 253 cm³/mol. The molecule has 3 nitrogen and oxygen atoms in total. The second-order valence-electron chi connectivity index (χ2n) is 15.4. The molecule has 0 saturated heterocycles. The second kappa shape index (κ2) is 15.6. The van der Waals surface area contributed by atoms with E-state index in [1.165, 1.54) is 22.3 Å². The summed E-state index contributed by atoms with van der Waals surface area (Å²) in [6.45, 7) is 0. The van der Waals surface area contributed by atoms with Gasteiger partial charge in [-0.15, -0.1) is 0 Å². The molecule has 0 fully saturated rings. The van der Waals surface area contributed by atoms with E-state index in [0.717, 1.165) is 77.7 Å². The average Bonchev–Trinajstić information content (AvgIpc) is 3.73. The lowest BCUT2D eigenvalue weighted by atomic mass is 9.91. The Balaban J connectivity index is 1.03. The Morgan fingerprint density at radius 1 is 0.262 bits per heavy atom. The third-order valence-corrected chi connectivity index (χ3v) is 11.5. The molecule has 0 bridgehead atoms. The minimum absolute atomic E-state index is 0.568. The Morgan fingerprint density at radius 2 is 0.623 bits per heavy atom. The molecule has 9 aromatic carbocycles. The van der Waals surface area contributed by atoms with Crippen molar-refractivity contribution in [2.45, 2.75) is 0 Å². The monoisotopic (exact) mass is 778 g/mol. The first-order valence-electron chi connectivity index (χ1n) is 20.6. The third kappa shape index (κ3) is 7.09. The minimum Gasteiger partial charge on any atom is -0.438 e. The van der Waals surface area contributed by atoms with Gasteiger partial charge in [-0.2, -0.15) is 4.98 Å². The first kappa shape index (κ1) is 36.0. The van der Waals surface area contributed by atoms with Crippen LogP contribution in [0.1, 0.15) is 0 Å². The van der Waals surface area contributed by atoms with E-state index < -0.39 is 0 Å². The van der Waals surface area contributed by atoms with Gasteiger partial charge >= 0.3 is 0 Å². The molecule has 2 aromatic heterocycles. The van der Waals surface area contributed by atoms with Crippen molar-refractivity contribution in [1.82, 2.24) is 9.97 Å². The second-order valence-corrected chi connectivity index (χ2v) is 15.4. The van der Waals surface area contributed by atoms with Crippen LogP contribution in [0.15, 0.2) is 235 Å². The number of para-hydroxylation sites is 1. The topological polar surface area (TPSA) is 38.9 Å². The van der Waals surface area contributed by atoms with Crippen LogP contribution in [0.5, 0.6) is 0 Å². The summed E-state index contributed by atoms with van der Waals surface area (Å²) in [6, 6.07) is 81.4. The van der Waals surface area contributed by atoms with Crippen molar-refractivity contribution >= 4 is 22.1 Å². The molecule has 0 amide bonds. The van der Waals surface area contributed by atoms with E-state index in [-0.39, 0.29) is 0 Å². The number of benzene rings is 9. The molecule has 11 rings (SSSR count). The number of hydrogen-bond acceptors (Lipinski definition) is 3. The van der Waals surface area contributed by atoms with Crippen LogP contribution >= 0.6 is 0 Å². The van der Waals surface area contributed by atoms with Gasteiger partial charge in [0.2, 0.25) is 5.71 Å². The van der Waals surface area contributed by atoms with Crippen molar-refractivity contribution in [3.8, 4) is 89.4 Å². The van der Waals surface area contributed by atoms with E-state index in [9.17, 15) is 0 Å². The van der Waals surface area contributed by atoms with Gasteiger partial charge in [-0.05, 0) is 103 Å². The van der Waals surface area contributed by atoms with Crippen molar-refractivity contribution in [1.29, 1.82) is 0 Å². The number of aromatic nitrogens is 2. The molecule has 0 spiro atoms. The predicted octanol–water partition coefficient (Wildman–Crippen LogP) is 15.7. The quantitative estimate of drug-likeness (QED) is 0.154. The van der Waals surface area contributed by atoms with Crippen LogP contribution < -0.4 is 0 Å². The Kier molecular flexibility index (Phi) is 9.18. The molecule has 0 aliphatic rings. The molecule has 0 atom stereocenters. The van der Waals surface area contributed by atoms with Gasteiger partial charge in [-0.25, -0.2) is 4.98 Å². The largest absolute Gasteiger partial charge is 0.438 e. The number of hydrogen-bond donors (Lipinski definition) is 0. The molecule has 11 aromatic rings. The van der Waals surface area contributed by atoms with Gasteiger partial charge in [0.05, 0.1) is 11.1 Å². The number of furan rings is 1. The van der Waals surface area contributed by atoms with Crippen molar-refractivity contribution < 1.29 is 4.42 Å². The van der Waals surface area contributed by atoms with Gasteiger partial charge in [-0.3, -0.25) is 0 Å². The van der Waals surface area contributed by atoms with Crippen LogP contribution in [0.4, 0.5) is 0 Å². The minimum atomic E-state index is 0.568. The molecular formula is C58H38N2O. The van der Waals surface area contributed by atoms with E-state index in [1.54, 1.807) is 0 Å². The van der Waals surface area contributed by atoms with E-state index in [4.69, 9.17) is 14.4 Å². The number of rotatable bonds is 8. The Bertz CT molecular complexity index is 3220. The van der Waals surface area contributed by atoms with Gasteiger partial charge in [0.1, 0.15) is 5.58 Å². The van der Waals surface area contributed by atoms with Crippen LogP contribution in [-0.4, -0.2) is 9.97 Å². The fraction of sp³-hybridized carbons (Fsp3) is 0. The highest BCUT2D eigenvalue weighted by Gasteiger charge is 2.19. The molecule has 3 heteroatoms. The summed E-state index contributed by atoms with van der Waals surface area (Å²) < 4.78 is 6.46. The van der Waals surface area contributed by atoms with Crippen LogP contribution in [0.2, 0.25) is 0 Å². The standard InChI is InChI=1S/C58H38N2O/c1-4-14-39(15-5-1)42-26-30-44(31-27-42)50-36-51(45-32-28-43(29-33-45)40-16-6-2-7-17-40)38-52(37-50)47-21-13-23-49(35-47)57-59-56(55-53-24-10-11-25-54(53)61-58(55)60-57)48-22-12-20-46(34-48)41-18-8-3-9-19-41/h1-38H. The zero-order chi connectivity index (χ0) is 40.5. The Morgan fingerprint density at radius 3 is 1.18 bits per heavy atom. The van der Waals surface area contributed by atoms with Gasteiger partial charge in [-0.1, -0.05) is 194 Å². The number of fused-ring (bicyclic) bond motifs is 3. The van der Waals surface area contributed by atoms with Crippen molar-refractivity contribution in [2.75, 3.05) is 0 Å². The molecule has 0 aliphatic heterocycles. The van der Waals surface area contributed by atoms with Gasteiger partial charge in [0.15, 0.2) is 5.82 Å². The summed E-state index contributed by atoms with van der Waals surface area (Å²) in [4.78, 5) is 10.5. The van der Waals surface area contributed by atoms with Gasteiger partial charge < -0.3 is 4.42 Å². The summed E-state index contributed by atoms with van der Waals surface area (Å²) in [5.41, 5.74) is 18.0. The van der Waals surface area contributed by atoms with Crippen LogP contribution in [0.25, 0.3) is 111 Å². The lowest BCUT2D eigenvalue weighted by molar-refractivity contribution is 0.653. The molecule has 286 valence electrons. The summed E-state index contributed by atoms with van der Waals surface area (Å²) in [6.07, 6.45) is 0. The summed E-state index contributed by atoms with van der Waals surface area (Å²) >= 11 is 0. The average molecular weight is 779 g/mol. The molecular weight excluding hydrogens is 741 g/mol. The zero-order valence-corrected chi connectivity index (χ0v) is 33.2. The fourth-order valence-corrected chi connectivity index (χ4v) is 8.37. The first-order chi connectivity index (χ1) is 30.2. The third-order valence-electron chi connectivity index (χ3n) is 11.5. The van der Waals surface area contributed by atoms with Crippen molar-refractivity contribution in [3.63, 3.8) is 0 Å². The smallest absolute Gasteiger partial charge is 0.231 e. The van der Waals surface area contributed by atoms with E-state index in [0.29, 0.717) is 11.5 Å². The lowest BCUT2D eigenvalue weighted by Gasteiger charge is -2.13. The molecule has 0 N–H and O–H groups in total. The fourth-order valence-electron chi connectivity index (χ4n) is 8.37. The maximum absolute atomic E-state index is 6.46. The molecule has 0 radical (unpaired) electrons. The highest BCUT2D eigenvalue weighted by atomic mass is 16.3. The first-order valence-corrected chi connectivity index (χ1v) is 20.6. The van der Waals surface area contributed by atoms with E-state index in [1.807, 2.05) is 24.3 Å². The molecule has 0 saturated carbocycles. The van der Waals surface area contributed by atoms with Crippen molar-refractivity contribution in [2.24, 2.45) is 0 Å². The number of nitrogens with zero attached hydrogens (tertiary/aromatic N) is 2. The van der Waals surface area contributed by atoms with Gasteiger partial charge in [0.25, 0.3) is 0 Å². The van der Waals surface area contributed by atoms with Crippen molar-refractivity contribution in [3.05, 3.63) is 231 Å². The lowest BCUT2D eigenvalue weighted by Crippen LogP contribution is -1.95.